The van der Waals surface area contributed by atoms with E-state index in [1.165, 1.54) is 30.8 Å². The van der Waals surface area contributed by atoms with Crippen LogP contribution in [-0.2, 0) is 0 Å². The molecule has 30 heavy (non-hydrogen) atoms. The zero-order chi connectivity index (χ0) is 20.8. The Hall–Kier alpha value is -2.41. The summed E-state index contributed by atoms with van der Waals surface area (Å²) in [6, 6.07) is 23.4. The van der Waals surface area contributed by atoms with Crippen molar-refractivity contribution in [2.45, 2.75) is 28.0 Å². The smallest absolute Gasteiger partial charge is 0.255 e. The number of anilines is 2. The molecule has 1 saturated heterocycles. The number of thioether (sulfide) groups is 1. The van der Waals surface area contributed by atoms with Crippen LogP contribution in [0.25, 0.3) is 0 Å². The fourth-order valence-corrected chi connectivity index (χ4v) is 4.64. The predicted molar refractivity (Wildman–Crippen MR) is 129 cm³/mol. The monoisotopic (exact) mass is 435 g/mol. The Morgan fingerprint density at radius 2 is 1.73 bits per heavy atom. The Morgan fingerprint density at radius 1 is 0.967 bits per heavy atom. The maximum Gasteiger partial charge on any atom is 0.255 e. The highest BCUT2D eigenvalue weighted by Gasteiger charge is 2.22. The largest absolute Gasteiger partial charge is 0.368 e. The molecule has 2 aliphatic heterocycles. The molecule has 0 radical (unpaired) electrons. The van der Waals surface area contributed by atoms with Gasteiger partial charge in [-0.1, -0.05) is 36.0 Å². The number of rotatable bonds is 3. The maximum absolute atomic E-state index is 12.4. The molecule has 154 valence electrons. The Balaban J connectivity index is 0.000000383. The summed E-state index contributed by atoms with van der Waals surface area (Å²) in [5, 5.41) is 9.85. The zero-order valence-corrected chi connectivity index (χ0v) is 18.3. The molecule has 6 heteroatoms. The summed E-state index contributed by atoms with van der Waals surface area (Å²) in [6.07, 6.45) is 2.78. The number of nitrogens with one attached hydrogen (secondary N) is 3. The van der Waals surface area contributed by atoms with E-state index in [1.54, 1.807) is 23.9 Å². The molecule has 0 aromatic heterocycles. The van der Waals surface area contributed by atoms with Crippen molar-refractivity contribution in [2.75, 3.05) is 23.7 Å². The number of thiol groups is 1. The number of benzene rings is 3. The summed E-state index contributed by atoms with van der Waals surface area (Å²) in [4.78, 5) is 14.5. The lowest BCUT2D eigenvalue weighted by Gasteiger charge is -2.13. The molecule has 1 unspecified atom stereocenters. The third-order valence-corrected chi connectivity index (χ3v) is 6.49. The van der Waals surface area contributed by atoms with Crippen LogP contribution in [0.1, 0.15) is 34.1 Å². The highest BCUT2D eigenvalue weighted by molar-refractivity contribution is 8.00. The van der Waals surface area contributed by atoms with Crippen molar-refractivity contribution in [3.05, 3.63) is 83.9 Å². The molecule has 5 rings (SSSR count). The molecule has 3 aromatic rings. The van der Waals surface area contributed by atoms with E-state index in [1.807, 2.05) is 42.5 Å². The van der Waals surface area contributed by atoms with Gasteiger partial charge in [-0.25, -0.2) is 0 Å². The van der Waals surface area contributed by atoms with Crippen molar-refractivity contribution in [3.63, 3.8) is 0 Å². The van der Waals surface area contributed by atoms with E-state index in [0.717, 1.165) is 21.8 Å². The van der Waals surface area contributed by atoms with Gasteiger partial charge in [-0.2, -0.15) is 0 Å². The third-order valence-electron chi connectivity index (χ3n) is 4.95. The van der Waals surface area contributed by atoms with Crippen LogP contribution < -0.4 is 16.0 Å². The summed E-state index contributed by atoms with van der Waals surface area (Å²) < 4.78 is 0. The molecule has 0 aliphatic carbocycles. The normalized spacial score (nSPS) is 16.8. The SMILES string of the molecule is C1CCNC1.O=C(Nc1cccc(C2Nc3ccccc3S2)c1)c1ccc(S)cc1. The van der Waals surface area contributed by atoms with Gasteiger partial charge in [0.2, 0.25) is 0 Å². The summed E-state index contributed by atoms with van der Waals surface area (Å²) >= 11 is 6.03. The number of hydrogen-bond donors (Lipinski definition) is 4. The van der Waals surface area contributed by atoms with E-state index < -0.39 is 0 Å². The lowest BCUT2D eigenvalue weighted by molar-refractivity contribution is 0.102. The molecule has 0 bridgehead atoms. The van der Waals surface area contributed by atoms with Gasteiger partial charge < -0.3 is 16.0 Å². The van der Waals surface area contributed by atoms with Crippen LogP contribution in [-0.4, -0.2) is 19.0 Å². The number of hydrogen-bond acceptors (Lipinski definition) is 5. The molecular formula is C24H25N3OS2. The van der Waals surface area contributed by atoms with Crippen molar-refractivity contribution in [1.82, 2.24) is 5.32 Å². The van der Waals surface area contributed by atoms with Gasteiger partial charge >= 0.3 is 0 Å². The topological polar surface area (TPSA) is 53.2 Å². The predicted octanol–water partition coefficient (Wildman–Crippen LogP) is 5.81. The second-order valence-electron chi connectivity index (χ2n) is 7.22. The summed E-state index contributed by atoms with van der Waals surface area (Å²) in [6.45, 7) is 2.50. The van der Waals surface area contributed by atoms with Crippen molar-refractivity contribution >= 4 is 41.7 Å². The van der Waals surface area contributed by atoms with Crippen LogP contribution in [0, 0.1) is 0 Å². The van der Waals surface area contributed by atoms with Crippen LogP contribution in [0.2, 0.25) is 0 Å². The van der Waals surface area contributed by atoms with Crippen molar-refractivity contribution in [3.8, 4) is 0 Å². The number of fused-ring (bicyclic) bond motifs is 1. The molecule has 2 aliphatic rings. The Morgan fingerprint density at radius 3 is 2.43 bits per heavy atom. The maximum atomic E-state index is 12.4. The van der Waals surface area contributed by atoms with Crippen LogP contribution in [0.5, 0.6) is 0 Å². The quantitative estimate of drug-likeness (QED) is 0.392. The lowest BCUT2D eigenvalue weighted by atomic mass is 10.1. The van der Waals surface area contributed by atoms with E-state index in [9.17, 15) is 4.79 Å². The number of carbonyl (C=O) groups is 1. The minimum atomic E-state index is -0.124. The molecule has 1 fully saturated rings. The second-order valence-corrected chi connectivity index (χ2v) is 8.89. The van der Waals surface area contributed by atoms with Crippen LogP contribution in [0.15, 0.2) is 82.6 Å². The highest BCUT2D eigenvalue weighted by Crippen LogP contribution is 2.46. The molecule has 0 saturated carbocycles. The van der Waals surface area contributed by atoms with Crippen LogP contribution in [0.3, 0.4) is 0 Å². The highest BCUT2D eigenvalue weighted by atomic mass is 32.2. The van der Waals surface area contributed by atoms with Crippen molar-refractivity contribution < 1.29 is 4.79 Å². The van der Waals surface area contributed by atoms with E-state index in [2.05, 4.69) is 46.8 Å². The van der Waals surface area contributed by atoms with Crippen LogP contribution >= 0.6 is 24.4 Å². The van der Waals surface area contributed by atoms with E-state index >= 15 is 0 Å². The van der Waals surface area contributed by atoms with Gasteiger partial charge in [-0.05, 0) is 80.0 Å². The van der Waals surface area contributed by atoms with Gasteiger partial charge in [0.15, 0.2) is 0 Å². The molecular weight excluding hydrogens is 410 g/mol. The fourth-order valence-electron chi connectivity index (χ4n) is 3.36. The van der Waals surface area contributed by atoms with Crippen LogP contribution in [0.4, 0.5) is 11.4 Å². The van der Waals surface area contributed by atoms with Crippen molar-refractivity contribution in [1.29, 1.82) is 0 Å². The van der Waals surface area contributed by atoms with Gasteiger partial charge in [0.1, 0.15) is 5.37 Å². The molecule has 2 heterocycles. The third kappa shape index (κ3) is 5.39. The number of carbonyl (C=O) groups excluding carboxylic acids is 1. The average Bonchev–Trinajstić information content (AvgIpc) is 3.47. The van der Waals surface area contributed by atoms with Gasteiger partial charge in [0, 0.05) is 26.7 Å². The fraction of sp³-hybridized carbons (Fsp3) is 0.208. The first-order valence-electron chi connectivity index (χ1n) is 10.1. The molecule has 3 N–H and O–H groups in total. The Kier molecular flexibility index (Phi) is 7.00. The summed E-state index contributed by atoms with van der Waals surface area (Å²) in [5.41, 5.74) is 3.68. The Labute approximate surface area is 187 Å². The standard InChI is InChI=1S/C20H16N2OS2.C4H9N/c23-19(13-8-10-16(24)11-9-13)21-15-5-3-4-14(12-15)20-22-17-6-1-2-7-18(17)25-20;1-2-4-5-3-1/h1-12,20,22,24H,(H,21,23);5H,1-4H2. The van der Waals surface area contributed by atoms with Gasteiger partial charge in [-0.3, -0.25) is 4.79 Å². The zero-order valence-electron chi connectivity index (χ0n) is 16.6. The first-order valence-corrected chi connectivity index (χ1v) is 11.4. The van der Waals surface area contributed by atoms with Gasteiger partial charge in [-0.15, -0.1) is 12.6 Å². The van der Waals surface area contributed by atoms with E-state index in [0.29, 0.717) is 5.56 Å². The number of amides is 1. The minimum Gasteiger partial charge on any atom is -0.368 e. The molecule has 1 atom stereocenters. The Bertz CT molecular complexity index is 971. The first kappa shape index (κ1) is 20.8. The number of para-hydroxylation sites is 1. The van der Waals surface area contributed by atoms with E-state index in [4.69, 9.17) is 0 Å². The summed E-state index contributed by atoms with van der Waals surface area (Å²) in [5.74, 6) is -0.124. The molecule has 4 nitrogen and oxygen atoms in total. The minimum absolute atomic E-state index is 0.124. The molecule has 3 aromatic carbocycles. The van der Waals surface area contributed by atoms with Gasteiger partial charge in [0.05, 0.1) is 0 Å². The van der Waals surface area contributed by atoms with E-state index in [-0.39, 0.29) is 11.3 Å². The van der Waals surface area contributed by atoms with Crippen molar-refractivity contribution in [2.24, 2.45) is 0 Å². The summed E-state index contributed by atoms with van der Waals surface area (Å²) in [7, 11) is 0. The molecule has 1 amide bonds. The molecule has 0 spiro atoms. The first-order chi connectivity index (χ1) is 14.7. The lowest BCUT2D eigenvalue weighted by Crippen LogP contribution is -2.12. The second kappa shape index (κ2) is 10.1. The average molecular weight is 436 g/mol. The van der Waals surface area contributed by atoms with Gasteiger partial charge in [0.25, 0.3) is 5.91 Å².